The molecule has 0 aliphatic carbocycles. The topological polar surface area (TPSA) is 0 Å². The monoisotopic (exact) mass is 725 g/mol. The largest absolute Gasteiger partial charge is 0.514 e. The van der Waals surface area contributed by atoms with Crippen molar-refractivity contribution in [3.8, 4) is 0 Å². The summed E-state index contributed by atoms with van der Waals surface area (Å²) in [6.45, 7) is 11.4. The summed E-state index contributed by atoms with van der Waals surface area (Å²) in [4.78, 5) is 0. The van der Waals surface area contributed by atoms with Crippen LogP contribution in [0, 0.1) is 42.2 Å². The minimum absolute atomic E-state index is 0. The smallest absolute Gasteiger partial charge is 0 e. The first-order chi connectivity index (χ1) is 2.64. The Kier molecular flexibility index (Phi) is 534. The molecule has 0 atom stereocenters. The van der Waals surface area contributed by atoms with Crippen molar-refractivity contribution in [3.63, 3.8) is 0 Å². The maximum absolute atomic E-state index is 5.35. The molecular formula is C13H35Y6-5. The average Bonchev–Trinajstić information content (AvgIpc) is 1.36. The van der Waals surface area contributed by atoms with Gasteiger partial charge >= 0.3 is 0 Å². The molecule has 0 aliphatic heterocycles. The number of rotatable bonds is 1. The van der Waals surface area contributed by atoms with Gasteiger partial charge in [-0.1, -0.05) is 49.0 Å². The minimum atomic E-state index is 0. The van der Waals surface area contributed by atoms with Crippen LogP contribution in [0.1, 0.15) is 43.1 Å². The number of hydrogen-bond acceptors (Lipinski definition) is 0. The summed E-state index contributed by atoms with van der Waals surface area (Å²) in [5.74, 6) is 0.546. The second kappa shape index (κ2) is 87.0. The zero-order valence-corrected chi connectivity index (χ0v) is 29.1. The molecule has 110 valence electrons. The van der Waals surface area contributed by atoms with Gasteiger partial charge in [0.05, 0.1) is 0 Å². The Labute approximate surface area is 280 Å². The van der Waals surface area contributed by atoms with Crippen molar-refractivity contribution in [2.24, 2.45) is 5.92 Å². The second-order valence-electron chi connectivity index (χ2n) is 1.90. The molecule has 0 bridgehead atoms. The van der Waals surface area contributed by atoms with Gasteiger partial charge in [-0.25, -0.2) is 0 Å². The first kappa shape index (κ1) is 117. The third-order valence-corrected chi connectivity index (χ3v) is 0.911. The van der Waals surface area contributed by atoms with Crippen LogP contribution in [0.25, 0.3) is 0 Å². The van der Waals surface area contributed by atoms with Crippen LogP contribution in [0.5, 0.6) is 0 Å². The van der Waals surface area contributed by atoms with Crippen molar-refractivity contribution < 1.29 is 196 Å². The van der Waals surface area contributed by atoms with E-state index in [-0.39, 0.29) is 248 Å². The Hall–Kier alpha value is 6.36. The summed E-state index contributed by atoms with van der Waals surface area (Å²) in [7, 11) is 0. The molecule has 6 radical (unpaired) electrons. The first-order valence-corrected chi connectivity index (χ1v) is 2.23. The standard InChI is InChI=1S/C6H11.3CH4.4CH3.6Y/c1-5(2)6(3)4;;;;;;;;;;;;;/h1,6H,2-4H3;3*1H4;4*1H3;;;;;;/q-1;;;;4*-1;;;;;;. The summed E-state index contributed by atoms with van der Waals surface area (Å²) in [6, 6.07) is 0. The SMILES string of the molecule is C.C.C.[CH-]=C(C)C(C)C.[CH3-].[CH3-].[CH3-].[CH3-].[Y].[Y].[Y].[Y].[Y].[Y]. The van der Waals surface area contributed by atoms with Crippen molar-refractivity contribution in [3.05, 3.63) is 41.9 Å². The van der Waals surface area contributed by atoms with Crippen LogP contribution in [-0.4, -0.2) is 0 Å². The molecule has 0 aromatic rings. The van der Waals surface area contributed by atoms with Crippen LogP contribution < -0.4 is 0 Å². The summed E-state index contributed by atoms with van der Waals surface area (Å²) in [6.07, 6.45) is 0. The predicted octanol–water partition coefficient (Wildman–Crippen LogP) is 5.72. The molecule has 0 N–H and O–H groups in total. The Balaban J connectivity index is -0.00000000160. The van der Waals surface area contributed by atoms with Gasteiger partial charge in [-0.15, -0.1) is 0 Å². The van der Waals surface area contributed by atoms with E-state index in [0.29, 0.717) is 5.92 Å². The Morgan fingerprint density at radius 1 is 0.632 bits per heavy atom. The molecule has 0 aromatic carbocycles. The fourth-order valence-electron chi connectivity index (χ4n) is 0. The molecule has 0 unspecified atom stereocenters. The van der Waals surface area contributed by atoms with Gasteiger partial charge in [0, 0.05) is 196 Å². The molecule has 0 saturated carbocycles. The van der Waals surface area contributed by atoms with E-state index in [1.807, 2.05) is 6.92 Å². The van der Waals surface area contributed by atoms with E-state index in [1.54, 1.807) is 0 Å². The maximum Gasteiger partial charge on any atom is 0 e. The zero-order valence-electron chi connectivity index (χ0n) is 12.1. The summed E-state index contributed by atoms with van der Waals surface area (Å²) >= 11 is 0. The zero-order chi connectivity index (χ0) is 5.15. The molecule has 0 rings (SSSR count). The van der Waals surface area contributed by atoms with Crippen LogP contribution in [0.2, 0.25) is 0 Å². The van der Waals surface area contributed by atoms with Crippen molar-refractivity contribution in [2.45, 2.75) is 43.1 Å². The van der Waals surface area contributed by atoms with Gasteiger partial charge in [0.15, 0.2) is 0 Å². The van der Waals surface area contributed by atoms with E-state index < -0.39 is 0 Å². The summed E-state index contributed by atoms with van der Waals surface area (Å²) < 4.78 is 0. The van der Waals surface area contributed by atoms with E-state index in [2.05, 4.69) is 13.8 Å². The molecule has 0 spiro atoms. The van der Waals surface area contributed by atoms with Crippen LogP contribution in [0.15, 0.2) is 5.57 Å². The van der Waals surface area contributed by atoms with E-state index in [4.69, 9.17) is 6.58 Å². The molecule has 6 heteroatoms. The maximum atomic E-state index is 5.35. The first-order valence-electron chi connectivity index (χ1n) is 2.23. The normalized spacial score (nSPS) is 2.95. The molecule has 0 heterocycles. The molecule has 0 fully saturated rings. The molecular weight excluding hydrogens is 690 g/mol. The number of hydrogen-bond donors (Lipinski definition) is 0. The quantitative estimate of drug-likeness (QED) is 0.304. The van der Waals surface area contributed by atoms with Gasteiger partial charge in [-0.3, -0.25) is 5.57 Å². The van der Waals surface area contributed by atoms with Gasteiger partial charge in [0.25, 0.3) is 0 Å². The summed E-state index contributed by atoms with van der Waals surface area (Å²) in [5.41, 5.74) is 1.01. The van der Waals surface area contributed by atoms with Gasteiger partial charge in [0.2, 0.25) is 0 Å². The van der Waals surface area contributed by atoms with Gasteiger partial charge in [-0.05, 0) is 0 Å². The second-order valence-corrected chi connectivity index (χ2v) is 1.90. The molecule has 0 aliphatic rings. The fourth-order valence-corrected chi connectivity index (χ4v) is 0. The Morgan fingerprint density at radius 2 is 0.684 bits per heavy atom. The predicted molar refractivity (Wildman–Crippen MR) is 74.2 cm³/mol. The van der Waals surface area contributed by atoms with Gasteiger partial charge < -0.3 is 36.3 Å². The molecule has 0 aromatic heterocycles. The van der Waals surface area contributed by atoms with E-state index >= 15 is 0 Å². The van der Waals surface area contributed by atoms with E-state index in [1.165, 1.54) is 0 Å². The Bertz CT molecular complexity index is 68.2. The van der Waals surface area contributed by atoms with Crippen molar-refractivity contribution >= 4 is 0 Å². The average molecular weight is 725 g/mol. The molecule has 19 heavy (non-hydrogen) atoms. The molecule has 0 amide bonds. The van der Waals surface area contributed by atoms with Crippen LogP contribution in [-0.2, 0) is 196 Å². The molecule has 0 saturated heterocycles. The van der Waals surface area contributed by atoms with Crippen LogP contribution in [0.3, 0.4) is 0 Å². The third-order valence-electron chi connectivity index (χ3n) is 0.911. The Morgan fingerprint density at radius 3 is 0.684 bits per heavy atom. The fraction of sp³-hybridized carbons (Fsp3) is 0.538. The van der Waals surface area contributed by atoms with E-state index in [0.717, 1.165) is 5.57 Å². The van der Waals surface area contributed by atoms with Crippen molar-refractivity contribution in [1.29, 1.82) is 0 Å². The van der Waals surface area contributed by atoms with Gasteiger partial charge in [-0.2, -0.15) is 0 Å². The molecule has 0 nitrogen and oxygen atoms in total. The van der Waals surface area contributed by atoms with E-state index in [9.17, 15) is 0 Å². The minimum Gasteiger partial charge on any atom is -0.514 e. The summed E-state index contributed by atoms with van der Waals surface area (Å²) in [5, 5.41) is 0. The van der Waals surface area contributed by atoms with Crippen LogP contribution in [0.4, 0.5) is 0 Å². The van der Waals surface area contributed by atoms with Crippen molar-refractivity contribution in [1.82, 2.24) is 0 Å². The van der Waals surface area contributed by atoms with Crippen LogP contribution >= 0.6 is 0 Å². The van der Waals surface area contributed by atoms with Crippen molar-refractivity contribution in [2.75, 3.05) is 0 Å². The van der Waals surface area contributed by atoms with Gasteiger partial charge in [0.1, 0.15) is 0 Å². The third kappa shape index (κ3) is 113. The number of allylic oxidation sites excluding steroid dienone is 1.